The van der Waals surface area contributed by atoms with Crippen molar-refractivity contribution in [3.63, 3.8) is 0 Å². The van der Waals surface area contributed by atoms with Gasteiger partial charge in [0.1, 0.15) is 12.6 Å². The van der Waals surface area contributed by atoms with Crippen LogP contribution in [0, 0.1) is 13.8 Å². The number of aromatic nitrogens is 2. The second-order valence-electron chi connectivity index (χ2n) is 10.5. The maximum absolute atomic E-state index is 12.8. The number of furan rings is 1. The topological polar surface area (TPSA) is 126 Å². The van der Waals surface area contributed by atoms with Gasteiger partial charge in [-0.2, -0.15) is 5.06 Å². The Balaban J connectivity index is 0.000000226. The number of benzene rings is 3. The molecule has 0 bridgehead atoms. The van der Waals surface area contributed by atoms with E-state index in [4.69, 9.17) is 35.1 Å². The number of carbonyl (C=O) groups excluding carboxylic acids is 3. The van der Waals surface area contributed by atoms with Gasteiger partial charge in [0, 0.05) is 22.8 Å². The van der Waals surface area contributed by atoms with Crippen LogP contribution in [0.4, 0.5) is 16.2 Å². The van der Waals surface area contributed by atoms with Crippen molar-refractivity contribution >= 4 is 40.9 Å². The fraction of sp³-hybridized carbons (Fsp3) is 0.222. The Kier molecular flexibility index (Phi) is 12.6. The number of rotatable bonds is 10. The number of carbonyl (C=O) groups is 3. The van der Waals surface area contributed by atoms with Crippen molar-refractivity contribution in [1.29, 1.82) is 0 Å². The van der Waals surface area contributed by atoms with Gasteiger partial charge in [0.15, 0.2) is 5.76 Å². The molecule has 0 radical (unpaired) electrons. The van der Waals surface area contributed by atoms with E-state index < -0.39 is 18.1 Å². The summed E-state index contributed by atoms with van der Waals surface area (Å²) in [5.74, 6) is -0.233. The molecular weight excluding hydrogens is 652 g/mol. The van der Waals surface area contributed by atoms with Gasteiger partial charge in [-0.05, 0) is 74.4 Å². The van der Waals surface area contributed by atoms with Crippen molar-refractivity contribution in [3.8, 4) is 11.6 Å². The lowest BCUT2D eigenvalue weighted by Gasteiger charge is -2.29. The Hall–Kier alpha value is -5.59. The number of para-hydroxylation sites is 2. The standard InChI is InChI=1S/C19H18ClN3O4.C17H19NO4/c1-25-19(24)23(26-2)17-6-4-3-5-14(17)13-27-18-11-12-22(21-18)16-9-7-15(20)8-10-16;1-11-7-5-8-12(2)15(11)18(13(3)17(20)21-4)16(19)14-9-6-10-22-14/h3-12H,13H2,1-2H3;5-10,13H,1-4H3. The van der Waals surface area contributed by atoms with Crippen molar-refractivity contribution in [3.05, 3.63) is 125 Å². The summed E-state index contributed by atoms with van der Waals surface area (Å²) in [6.45, 7) is 5.63. The molecule has 3 aromatic carbocycles. The number of hydrogen-bond donors (Lipinski definition) is 0. The Bertz CT molecular complexity index is 1840. The van der Waals surface area contributed by atoms with Crippen LogP contribution in [-0.2, 0) is 25.7 Å². The molecule has 13 heteroatoms. The molecule has 49 heavy (non-hydrogen) atoms. The maximum Gasteiger partial charge on any atom is 0.438 e. The Morgan fingerprint density at radius 3 is 2.18 bits per heavy atom. The summed E-state index contributed by atoms with van der Waals surface area (Å²) in [7, 11) is 3.98. The molecule has 0 saturated heterocycles. The minimum Gasteiger partial charge on any atom is -0.472 e. The van der Waals surface area contributed by atoms with E-state index in [0.717, 1.165) is 27.4 Å². The molecule has 256 valence electrons. The van der Waals surface area contributed by atoms with E-state index in [2.05, 4.69) is 5.10 Å². The van der Waals surface area contributed by atoms with Crippen LogP contribution in [0.3, 0.4) is 0 Å². The Morgan fingerprint density at radius 2 is 1.57 bits per heavy atom. The largest absolute Gasteiger partial charge is 0.472 e. The molecule has 0 fully saturated rings. The van der Waals surface area contributed by atoms with Gasteiger partial charge in [-0.25, -0.2) is 14.3 Å². The van der Waals surface area contributed by atoms with Crippen molar-refractivity contribution in [2.24, 2.45) is 0 Å². The van der Waals surface area contributed by atoms with Gasteiger partial charge in [-0.15, -0.1) is 5.10 Å². The number of esters is 1. The molecule has 5 aromatic rings. The molecule has 0 aliphatic carbocycles. The first kappa shape index (κ1) is 36.2. The Labute approximate surface area is 289 Å². The zero-order chi connectivity index (χ0) is 35.5. The number of amides is 2. The van der Waals surface area contributed by atoms with Crippen molar-refractivity contribution < 1.29 is 37.8 Å². The summed E-state index contributed by atoms with van der Waals surface area (Å²) in [6, 6.07) is 24.4. The van der Waals surface area contributed by atoms with E-state index >= 15 is 0 Å². The first-order chi connectivity index (χ1) is 23.6. The molecule has 0 aliphatic heterocycles. The van der Waals surface area contributed by atoms with Gasteiger partial charge in [0.05, 0.1) is 44.7 Å². The monoisotopic (exact) mass is 688 g/mol. The number of ether oxygens (including phenoxy) is 3. The second kappa shape index (κ2) is 17.0. The van der Waals surface area contributed by atoms with E-state index in [-0.39, 0.29) is 18.3 Å². The third-order valence-electron chi connectivity index (χ3n) is 7.33. The molecule has 2 amide bonds. The number of hydrogen-bond acceptors (Lipinski definition) is 9. The quantitative estimate of drug-likeness (QED) is 0.109. The van der Waals surface area contributed by atoms with Crippen LogP contribution in [0.1, 0.15) is 34.2 Å². The SMILES string of the molecule is COC(=O)C(C)N(C(=O)c1ccco1)c1c(C)cccc1C.COC(=O)N(OC)c1ccccc1COc1ccn(-c2ccc(Cl)cc2)n1. The highest BCUT2D eigenvalue weighted by Crippen LogP contribution is 2.29. The van der Waals surface area contributed by atoms with Crippen LogP contribution >= 0.6 is 11.6 Å². The highest BCUT2D eigenvalue weighted by molar-refractivity contribution is 6.30. The lowest BCUT2D eigenvalue weighted by Crippen LogP contribution is -2.44. The third kappa shape index (κ3) is 8.86. The average molecular weight is 689 g/mol. The van der Waals surface area contributed by atoms with E-state index in [1.54, 1.807) is 60.3 Å². The number of halogens is 1. The summed E-state index contributed by atoms with van der Waals surface area (Å²) in [6.07, 6.45) is 2.59. The van der Waals surface area contributed by atoms with Crippen LogP contribution in [0.25, 0.3) is 5.69 Å². The number of nitrogens with zero attached hydrogens (tertiary/aromatic N) is 4. The fourth-order valence-corrected chi connectivity index (χ4v) is 5.04. The molecule has 0 spiro atoms. The molecule has 2 aromatic heterocycles. The Morgan fingerprint density at radius 1 is 0.878 bits per heavy atom. The highest BCUT2D eigenvalue weighted by Gasteiger charge is 2.32. The summed E-state index contributed by atoms with van der Waals surface area (Å²) in [5, 5.41) is 6.11. The van der Waals surface area contributed by atoms with E-state index in [9.17, 15) is 14.4 Å². The number of aryl methyl sites for hydroxylation is 2. The molecule has 1 unspecified atom stereocenters. The molecule has 0 saturated carbocycles. The number of hydroxylamine groups is 1. The average Bonchev–Trinajstić information content (AvgIpc) is 3.83. The zero-order valence-electron chi connectivity index (χ0n) is 28.0. The molecule has 1 atom stereocenters. The minimum absolute atomic E-state index is 0.179. The van der Waals surface area contributed by atoms with E-state index in [1.807, 2.05) is 56.3 Å². The van der Waals surface area contributed by atoms with Gasteiger partial charge in [0.25, 0.3) is 5.91 Å². The summed E-state index contributed by atoms with van der Waals surface area (Å²) >= 11 is 5.91. The summed E-state index contributed by atoms with van der Waals surface area (Å²) in [5.41, 5.74) is 4.63. The molecular formula is C36H37ClN4O8. The lowest BCUT2D eigenvalue weighted by molar-refractivity contribution is -0.141. The van der Waals surface area contributed by atoms with Gasteiger partial charge in [0.2, 0.25) is 5.88 Å². The zero-order valence-corrected chi connectivity index (χ0v) is 28.7. The van der Waals surface area contributed by atoms with Gasteiger partial charge in [-0.3, -0.25) is 14.5 Å². The van der Waals surface area contributed by atoms with Gasteiger partial charge < -0.3 is 18.6 Å². The molecule has 2 heterocycles. The van der Waals surface area contributed by atoms with E-state index in [0.29, 0.717) is 22.3 Å². The van der Waals surface area contributed by atoms with Crippen LogP contribution in [-0.4, -0.2) is 55.1 Å². The van der Waals surface area contributed by atoms with Crippen molar-refractivity contribution in [2.75, 3.05) is 31.3 Å². The molecule has 5 rings (SSSR count). The predicted octanol–water partition coefficient (Wildman–Crippen LogP) is 7.34. The smallest absolute Gasteiger partial charge is 0.438 e. The second-order valence-corrected chi connectivity index (χ2v) is 11.0. The molecule has 0 N–H and O–H groups in total. The van der Waals surface area contributed by atoms with Gasteiger partial charge >= 0.3 is 12.1 Å². The number of anilines is 2. The summed E-state index contributed by atoms with van der Waals surface area (Å²) in [4.78, 5) is 43.2. The first-order valence-electron chi connectivity index (χ1n) is 15.0. The highest BCUT2D eigenvalue weighted by atomic mass is 35.5. The van der Waals surface area contributed by atoms with Crippen molar-refractivity contribution in [1.82, 2.24) is 9.78 Å². The van der Waals surface area contributed by atoms with Crippen LogP contribution in [0.5, 0.6) is 5.88 Å². The van der Waals surface area contributed by atoms with Crippen molar-refractivity contribution in [2.45, 2.75) is 33.4 Å². The number of methoxy groups -OCH3 is 2. The van der Waals surface area contributed by atoms with Crippen LogP contribution in [0.2, 0.25) is 5.02 Å². The summed E-state index contributed by atoms with van der Waals surface area (Å²) < 4.78 is 22.2. The maximum atomic E-state index is 12.8. The lowest BCUT2D eigenvalue weighted by atomic mass is 10.1. The molecule has 12 nitrogen and oxygen atoms in total. The first-order valence-corrected chi connectivity index (χ1v) is 15.4. The van der Waals surface area contributed by atoms with Crippen LogP contribution < -0.4 is 14.7 Å². The molecule has 0 aliphatic rings. The van der Waals surface area contributed by atoms with E-state index in [1.165, 1.54) is 32.5 Å². The normalized spacial score (nSPS) is 11.1. The van der Waals surface area contributed by atoms with Gasteiger partial charge in [-0.1, -0.05) is 48.0 Å². The minimum atomic E-state index is -0.762. The third-order valence-corrected chi connectivity index (χ3v) is 7.58. The van der Waals surface area contributed by atoms with Crippen LogP contribution in [0.15, 0.2) is 102 Å². The predicted molar refractivity (Wildman–Crippen MR) is 184 cm³/mol. The fourth-order valence-electron chi connectivity index (χ4n) is 4.91.